The molecule has 4 rings (SSSR count). The lowest BCUT2D eigenvalue weighted by Crippen LogP contribution is -2.24. The zero-order valence-corrected chi connectivity index (χ0v) is 14.7. The molecule has 0 radical (unpaired) electrons. The summed E-state index contributed by atoms with van der Waals surface area (Å²) in [5.41, 5.74) is 1.75. The first-order valence-corrected chi connectivity index (χ1v) is 8.40. The summed E-state index contributed by atoms with van der Waals surface area (Å²) in [5.74, 6) is 2.32. The highest BCUT2D eigenvalue weighted by Gasteiger charge is 2.32. The molecular weight excluding hydrogens is 340 g/mol. The molecule has 6 heteroatoms. The standard InChI is InChI=1S/C19H17ClN2O3/c1-19(2)10-13-4-3-5-15(17(13)25-19)23-11-16-21-22-18(24-16)12-6-8-14(20)9-7-12/h3-9H,10-11H2,1-2H3. The summed E-state index contributed by atoms with van der Waals surface area (Å²) < 4.78 is 17.5. The fourth-order valence-electron chi connectivity index (χ4n) is 2.86. The lowest BCUT2D eigenvalue weighted by Gasteiger charge is -2.18. The van der Waals surface area contributed by atoms with Gasteiger partial charge in [-0.15, -0.1) is 10.2 Å². The highest BCUT2D eigenvalue weighted by Crippen LogP contribution is 2.41. The number of hydrogen-bond acceptors (Lipinski definition) is 5. The predicted octanol–water partition coefficient (Wildman–Crippen LogP) is 4.68. The van der Waals surface area contributed by atoms with Crippen LogP contribution in [0.15, 0.2) is 46.9 Å². The normalized spacial score (nSPS) is 14.8. The van der Waals surface area contributed by atoms with E-state index in [2.05, 4.69) is 30.1 Å². The molecule has 0 aliphatic carbocycles. The van der Waals surface area contributed by atoms with E-state index in [-0.39, 0.29) is 12.2 Å². The largest absolute Gasteiger partial charge is 0.483 e. The number of rotatable bonds is 4. The van der Waals surface area contributed by atoms with Gasteiger partial charge in [0.05, 0.1) is 0 Å². The number of benzene rings is 2. The molecule has 1 aliphatic rings. The van der Waals surface area contributed by atoms with Crippen LogP contribution in [0.4, 0.5) is 0 Å². The summed E-state index contributed by atoms with van der Waals surface area (Å²) in [5, 5.41) is 8.75. The van der Waals surface area contributed by atoms with Crippen LogP contribution in [0.25, 0.3) is 11.5 Å². The van der Waals surface area contributed by atoms with Crippen molar-refractivity contribution in [1.82, 2.24) is 10.2 Å². The molecule has 0 saturated carbocycles. The van der Waals surface area contributed by atoms with E-state index in [4.69, 9.17) is 25.5 Å². The van der Waals surface area contributed by atoms with Crippen molar-refractivity contribution in [3.63, 3.8) is 0 Å². The zero-order chi connectivity index (χ0) is 17.4. The van der Waals surface area contributed by atoms with Gasteiger partial charge in [0.25, 0.3) is 5.89 Å². The van der Waals surface area contributed by atoms with Crippen molar-refractivity contribution >= 4 is 11.6 Å². The Labute approximate surface area is 150 Å². The second-order valence-electron chi connectivity index (χ2n) is 6.58. The van der Waals surface area contributed by atoms with Crippen LogP contribution in [0, 0.1) is 0 Å². The third-order valence-electron chi connectivity index (χ3n) is 3.96. The molecule has 0 atom stereocenters. The number of aromatic nitrogens is 2. The van der Waals surface area contributed by atoms with Crippen molar-refractivity contribution in [2.45, 2.75) is 32.5 Å². The average molecular weight is 357 g/mol. The van der Waals surface area contributed by atoms with Crippen LogP contribution in [-0.2, 0) is 13.0 Å². The Kier molecular flexibility index (Phi) is 3.88. The van der Waals surface area contributed by atoms with Crippen LogP contribution in [0.5, 0.6) is 11.5 Å². The lowest BCUT2D eigenvalue weighted by atomic mass is 10.0. The van der Waals surface area contributed by atoms with E-state index in [9.17, 15) is 0 Å². The Balaban J connectivity index is 1.49. The zero-order valence-electron chi connectivity index (χ0n) is 14.0. The summed E-state index contributed by atoms with van der Waals surface area (Å²) in [4.78, 5) is 0. The van der Waals surface area contributed by atoms with Gasteiger partial charge in [-0.25, -0.2) is 0 Å². The van der Waals surface area contributed by atoms with Crippen LogP contribution in [0.2, 0.25) is 5.02 Å². The number of ether oxygens (including phenoxy) is 2. The van der Waals surface area contributed by atoms with E-state index in [0.717, 1.165) is 23.3 Å². The number of nitrogens with zero attached hydrogens (tertiary/aromatic N) is 2. The average Bonchev–Trinajstić information content (AvgIpc) is 3.16. The Morgan fingerprint density at radius 1 is 1.12 bits per heavy atom. The van der Waals surface area contributed by atoms with E-state index in [0.29, 0.717) is 22.6 Å². The summed E-state index contributed by atoms with van der Waals surface area (Å²) >= 11 is 5.89. The molecule has 0 saturated heterocycles. The molecule has 5 nitrogen and oxygen atoms in total. The molecule has 1 aromatic heterocycles. The molecule has 0 bridgehead atoms. The summed E-state index contributed by atoms with van der Waals surface area (Å²) in [6.07, 6.45) is 0.862. The number of halogens is 1. The maximum absolute atomic E-state index is 6.00. The van der Waals surface area contributed by atoms with Crippen molar-refractivity contribution < 1.29 is 13.9 Å². The minimum Gasteiger partial charge on any atom is -0.483 e. The van der Waals surface area contributed by atoms with Gasteiger partial charge in [-0.2, -0.15) is 0 Å². The van der Waals surface area contributed by atoms with Crippen molar-refractivity contribution in [3.8, 4) is 23.0 Å². The summed E-state index contributed by atoms with van der Waals surface area (Å²) in [7, 11) is 0. The highest BCUT2D eigenvalue weighted by atomic mass is 35.5. The predicted molar refractivity (Wildman–Crippen MR) is 93.9 cm³/mol. The fraction of sp³-hybridized carbons (Fsp3) is 0.263. The van der Waals surface area contributed by atoms with E-state index < -0.39 is 0 Å². The minimum atomic E-state index is -0.214. The van der Waals surface area contributed by atoms with Gasteiger partial charge < -0.3 is 13.9 Å². The quantitative estimate of drug-likeness (QED) is 0.679. The van der Waals surface area contributed by atoms with Crippen LogP contribution in [0.1, 0.15) is 25.3 Å². The van der Waals surface area contributed by atoms with Gasteiger partial charge in [-0.3, -0.25) is 0 Å². The van der Waals surface area contributed by atoms with Gasteiger partial charge in [-0.1, -0.05) is 23.7 Å². The van der Waals surface area contributed by atoms with Gasteiger partial charge in [0.15, 0.2) is 18.1 Å². The fourth-order valence-corrected chi connectivity index (χ4v) is 2.99. The molecular formula is C19H17ClN2O3. The lowest BCUT2D eigenvalue weighted by molar-refractivity contribution is 0.130. The van der Waals surface area contributed by atoms with E-state index in [1.807, 2.05) is 24.3 Å². The first kappa shape index (κ1) is 16.0. The first-order valence-electron chi connectivity index (χ1n) is 8.02. The minimum absolute atomic E-state index is 0.181. The van der Waals surface area contributed by atoms with E-state index in [1.165, 1.54) is 0 Å². The topological polar surface area (TPSA) is 57.4 Å². The molecule has 25 heavy (non-hydrogen) atoms. The number of hydrogen-bond donors (Lipinski definition) is 0. The monoisotopic (exact) mass is 356 g/mol. The molecule has 128 valence electrons. The summed E-state index contributed by atoms with van der Waals surface area (Å²) in [6, 6.07) is 13.1. The molecule has 1 aliphatic heterocycles. The molecule has 0 unspecified atom stereocenters. The first-order chi connectivity index (χ1) is 12.0. The van der Waals surface area contributed by atoms with E-state index in [1.54, 1.807) is 12.1 Å². The smallest absolute Gasteiger partial charge is 0.254 e. The maximum atomic E-state index is 6.00. The molecule has 3 aromatic rings. The number of fused-ring (bicyclic) bond motifs is 1. The Bertz CT molecular complexity index is 903. The third kappa shape index (κ3) is 3.33. The maximum Gasteiger partial charge on any atom is 0.254 e. The van der Waals surface area contributed by atoms with Gasteiger partial charge in [-0.05, 0) is 44.2 Å². The highest BCUT2D eigenvalue weighted by molar-refractivity contribution is 6.30. The van der Waals surface area contributed by atoms with Crippen LogP contribution in [-0.4, -0.2) is 15.8 Å². The van der Waals surface area contributed by atoms with Crippen LogP contribution in [0.3, 0.4) is 0 Å². The van der Waals surface area contributed by atoms with Crippen molar-refractivity contribution in [2.24, 2.45) is 0 Å². The molecule has 0 amide bonds. The molecule has 2 aromatic carbocycles. The number of para-hydroxylation sites is 1. The molecule has 0 N–H and O–H groups in total. The van der Waals surface area contributed by atoms with Crippen LogP contribution < -0.4 is 9.47 Å². The molecule has 0 fully saturated rings. The van der Waals surface area contributed by atoms with Gasteiger partial charge in [0.1, 0.15) is 5.60 Å². The Morgan fingerprint density at radius 3 is 2.72 bits per heavy atom. The van der Waals surface area contributed by atoms with Crippen molar-refractivity contribution in [3.05, 3.63) is 58.9 Å². The van der Waals surface area contributed by atoms with Gasteiger partial charge in [0, 0.05) is 22.6 Å². The molecule has 2 heterocycles. The second kappa shape index (κ2) is 6.08. The molecule has 0 spiro atoms. The van der Waals surface area contributed by atoms with E-state index >= 15 is 0 Å². The second-order valence-corrected chi connectivity index (χ2v) is 7.02. The van der Waals surface area contributed by atoms with Crippen molar-refractivity contribution in [1.29, 1.82) is 0 Å². The Morgan fingerprint density at radius 2 is 1.92 bits per heavy atom. The summed E-state index contributed by atoms with van der Waals surface area (Å²) in [6.45, 7) is 4.31. The SMILES string of the molecule is CC1(C)Cc2cccc(OCc3nnc(-c4ccc(Cl)cc4)o3)c2O1. The van der Waals surface area contributed by atoms with Gasteiger partial charge >= 0.3 is 0 Å². The Hall–Kier alpha value is -2.53. The van der Waals surface area contributed by atoms with Crippen molar-refractivity contribution in [2.75, 3.05) is 0 Å². The van der Waals surface area contributed by atoms with Gasteiger partial charge in [0.2, 0.25) is 5.89 Å². The van der Waals surface area contributed by atoms with Crippen LogP contribution >= 0.6 is 11.6 Å². The third-order valence-corrected chi connectivity index (χ3v) is 4.22.